The van der Waals surface area contributed by atoms with Gasteiger partial charge in [-0.05, 0) is 43.9 Å². The van der Waals surface area contributed by atoms with Crippen LogP contribution in [0.5, 0.6) is 0 Å². The highest BCUT2D eigenvalue weighted by molar-refractivity contribution is 7.15. The van der Waals surface area contributed by atoms with Gasteiger partial charge in [0, 0.05) is 19.1 Å². The Balaban J connectivity index is 1.55. The number of benzene rings is 1. The zero-order chi connectivity index (χ0) is 21.1. The van der Waals surface area contributed by atoms with E-state index in [0.29, 0.717) is 29.8 Å². The van der Waals surface area contributed by atoms with E-state index >= 15 is 0 Å². The first-order chi connectivity index (χ1) is 14.5. The predicted molar refractivity (Wildman–Crippen MR) is 116 cm³/mol. The first kappa shape index (κ1) is 20.7. The topological polar surface area (TPSA) is 71.0 Å². The molecule has 1 saturated heterocycles. The van der Waals surface area contributed by atoms with E-state index in [1.807, 2.05) is 11.8 Å². The first-order valence-corrected chi connectivity index (χ1v) is 11.0. The maximum absolute atomic E-state index is 13.5. The van der Waals surface area contributed by atoms with Crippen LogP contribution in [0, 0.1) is 12.7 Å². The van der Waals surface area contributed by atoms with Crippen LogP contribution in [-0.4, -0.2) is 44.9 Å². The third-order valence-electron chi connectivity index (χ3n) is 5.05. The highest BCUT2D eigenvalue weighted by atomic mass is 35.5. The number of aryl methyl sites for hydroxylation is 1. The summed E-state index contributed by atoms with van der Waals surface area (Å²) in [5.74, 6) is 0.0792. The molecule has 2 aromatic heterocycles. The van der Waals surface area contributed by atoms with Crippen molar-refractivity contribution in [1.82, 2.24) is 19.9 Å². The number of hydrogen-bond acceptors (Lipinski definition) is 6. The van der Waals surface area contributed by atoms with Crippen LogP contribution in [0.2, 0.25) is 5.02 Å². The third-order valence-corrected chi connectivity index (χ3v) is 6.26. The Morgan fingerprint density at radius 2 is 2.00 bits per heavy atom. The zero-order valence-electron chi connectivity index (χ0n) is 16.4. The molecular formula is C21H21ClFN5OS. The minimum Gasteiger partial charge on any atom is -0.352 e. The summed E-state index contributed by atoms with van der Waals surface area (Å²) in [6, 6.07) is 6.18. The molecule has 1 amide bonds. The molecule has 1 aliphatic rings. The molecule has 9 heteroatoms. The molecule has 156 valence electrons. The molecule has 0 radical (unpaired) electrons. The highest BCUT2D eigenvalue weighted by Crippen LogP contribution is 2.32. The molecule has 1 aromatic carbocycles. The maximum Gasteiger partial charge on any atom is 0.274 e. The monoisotopic (exact) mass is 445 g/mol. The van der Waals surface area contributed by atoms with Gasteiger partial charge in [-0.15, -0.1) is 11.3 Å². The minimum absolute atomic E-state index is 0.00796. The van der Waals surface area contributed by atoms with Gasteiger partial charge in [0.05, 0.1) is 27.3 Å². The second kappa shape index (κ2) is 9.06. The Morgan fingerprint density at radius 3 is 2.73 bits per heavy atom. The van der Waals surface area contributed by atoms with Gasteiger partial charge in [0.15, 0.2) is 0 Å². The van der Waals surface area contributed by atoms with E-state index in [9.17, 15) is 9.18 Å². The number of rotatable bonds is 5. The lowest BCUT2D eigenvalue weighted by molar-refractivity contribution is 0.0623. The van der Waals surface area contributed by atoms with Gasteiger partial charge in [0.2, 0.25) is 5.95 Å². The van der Waals surface area contributed by atoms with Crippen LogP contribution in [-0.2, 0) is 0 Å². The quantitative estimate of drug-likeness (QED) is 0.610. The standard InChI is InChI=1S/C21H21ClFN5OS/c1-13-27-18(19(30-13)14-5-7-16(23)8-6-14)20(29)28-9-3-2-4-17(28)12-26-21-24-10-15(22)11-25-21/h5-8,10-11,17H,2-4,9,12H2,1H3,(H,24,25,26). The number of carbonyl (C=O) groups excluding carboxylic acids is 1. The van der Waals surface area contributed by atoms with Gasteiger partial charge in [-0.2, -0.15) is 0 Å². The van der Waals surface area contributed by atoms with Crippen molar-refractivity contribution in [3.05, 3.63) is 58.2 Å². The normalized spacial score (nSPS) is 16.5. The number of hydrogen-bond donors (Lipinski definition) is 1. The van der Waals surface area contributed by atoms with Gasteiger partial charge in [-0.3, -0.25) is 4.79 Å². The number of carbonyl (C=O) groups is 1. The summed E-state index contributed by atoms with van der Waals surface area (Å²) in [5, 5.41) is 4.48. The Labute approximate surface area is 183 Å². The van der Waals surface area contributed by atoms with Crippen molar-refractivity contribution in [3.8, 4) is 10.4 Å². The van der Waals surface area contributed by atoms with Crippen molar-refractivity contribution < 1.29 is 9.18 Å². The molecule has 6 nitrogen and oxygen atoms in total. The second-order valence-corrected chi connectivity index (χ2v) is 8.81. The number of nitrogens with one attached hydrogen (secondary N) is 1. The van der Waals surface area contributed by atoms with E-state index in [0.717, 1.165) is 34.7 Å². The van der Waals surface area contributed by atoms with Crippen molar-refractivity contribution in [1.29, 1.82) is 0 Å². The van der Waals surface area contributed by atoms with Crippen LogP contribution in [0.15, 0.2) is 36.7 Å². The number of amides is 1. The lowest BCUT2D eigenvalue weighted by Gasteiger charge is -2.35. The average molecular weight is 446 g/mol. The van der Waals surface area contributed by atoms with Crippen molar-refractivity contribution in [2.75, 3.05) is 18.4 Å². The van der Waals surface area contributed by atoms with Gasteiger partial charge in [-0.1, -0.05) is 23.7 Å². The second-order valence-electron chi connectivity index (χ2n) is 7.17. The Bertz CT molecular complexity index is 1020. The molecule has 30 heavy (non-hydrogen) atoms. The Hall–Kier alpha value is -2.58. The third kappa shape index (κ3) is 4.60. The number of anilines is 1. The van der Waals surface area contributed by atoms with Crippen molar-refractivity contribution in [3.63, 3.8) is 0 Å². The summed E-state index contributed by atoms with van der Waals surface area (Å²) in [6.07, 6.45) is 5.97. The lowest BCUT2D eigenvalue weighted by atomic mass is 10.0. The number of aromatic nitrogens is 3. The van der Waals surface area contributed by atoms with E-state index in [1.54, 1.807) is 12.1 Å². The summed E-state index contributed by atoms with van der Waals surface area (Å²) < 4.78 is 13.3. The van der Waals surface area contributed by atoms with Crippen LogP contribution in [0.3, 0.4) is 0 Å². The maximum atomic E-state index is 13.5. The number of thiazole rings is 1. The summed E-state index contributed by atoms with van der Waals surface area (Å²) in [6.45, 7) is 3.09. The van der Waals surface area contributed by atoms with Crippen LogP contribution < -0.4 is 5.32 Å². The number of likely N-dealkylation sites (tertiary alicyclic amines) is 1. The molecule has 1 N–H and O–H groups in total. The molecule has 0 spiro atoms. The number of halogens is 2. The van der Waals surface area contributed by atoms with Crippen LogP contribution in [0.25, 0.3) is 10.4 Å². The van der Waals surface area contributed by atoms with Gasteiger partial charge in [0.25, 0.3) is 5.91 Å². The van der Waals surface area contributed by atoms with Gasteiger partial charge < -0.3 is 10.2 Å². The summed E-state index contributed by atoms with van der Waals surface area (Å²) in [4.78, 5) is 28.9. The van der Waals surface area contributed by atoms with Crippen LogP contribution in [0.4, 0.5) is 10.3 Å². The molecule has 0 saturated carbocycles. The van der Waals surface area contributed by atoms with Crippen molar-refractivity contribution in [2.24, 2.45) is 0 Å². The Morgan fingerprint density at radius 1 is 1.27 bits per heavy atom. The highest BCUT2D eigenvalue weighted by Gasteiger charge is 2.31. The fourth-order valence-electron chi connectivity index (χ4n) is 3.60. The van der Waals surface area contributed by atoms with Gasteiger partial charge in [-0.25, -0.2) is 19.3 Å². The van der Waals surface area contributed by atoms with E-state index in [2.05, 4.69) is 20.3 Å². The fraction of sp³-hybridized carbons (Fsp3) is 0.333. The average Bonchev–Trinajstić information content (AvgIpc) is 3.15. The van der Waals surface area contributed by atoms with Crippen LogP contribution in [0.1, 0.15) is 34.8 Å². The molecule has 1 unspecified atom stereocenters. The fourth-order valence-corrected chi connectivity index (χ4v) is 4.61. The number of nitrogens with zero attached hydrogens (tertiary/aromatic N) is 4. The molecule has 4 rings (SSSR count). The van der Waals surface area contributed by atoms with E-state index in [1.165, 1.54) is 35.9 Å². The van der Waals surface area contributed by atoms with Gasteiger partial charge >= 0.3 is 0 Å². The summed E-state index contributed by atoms with van der Waals surface area (Å²) >= 11 is 7.29. The molecule has 0 aliphatic carbocycles. The summed E-state index contributed by atoms with van der Waals surface area (Å²) in [7, 11) is 0. The molecular weight excluding hydrogens is 425 g/mol. The van der Waals surface area contributed by atoms with Gasteiger partial charge in [0.1, 0.15) is 11.5 Å². The first-order valence-electron chi connectivity index (χ1n) is 9.77. The molecule has 0 bridgehead atoms. The minimum atomic E-state index is -0.306. The van der Waals surface area contributed by atoms with Crippen molar-refractivity contribution in [2.45, 2.75) is 32.2 Å². The summed E-state index contributed by atoms with van der Waals surface area (Å²) in [5.41, 5.74) is 1.23. The molecule has 1 aliphatic heterocycles. The molecule has 3 heterocycles. The van der Waals surface area contributed by atoms with E-state index in [-0.39, 0.29) is 17.8 Å². The lowest BCUT2D eigenvalue weighted by Crippen LogP contribution is -2.47. The van der Waals surface area contributed by atoms with E-state index < -0.39 is 0 Å². The largest absolute Gasteiger partial charge is 0.352 e. The Kier molecular flexibility index (Phi) is 6.24. The zero-order valence-corrected chi connectivity index (χ0v) is 18.0. The smallest absolute Gasteiger partial charge is 0.274 e. The predicted octanol–water partition coefficient (Wildman–Crippen LogP) is 4.81. The molecule has 1 fully saturated rings. The SMILES string of the molecule is Cc1nc(C(=O)N2CCCCC2CNc2ncc(Cl)cn2)c(-c2ccc(F)cc2)s1. The van der Waals surface area contributed by atoms with Crippen LogP contribution >= 0.6 is 22.9 Å². The molecule has 3 aromatic rings. The number of piperidine rings is 1. The molecule has 1 atom stereocenters. The van der Waals surface area contributed by atoms with Crippen molar-refractivity contribution >= 4 is 34.8 Å². The van der Waals surface area contributed by atoms with E-state index in [4.69, 9.17) is 11.6 Å².